The van der Waals surface area contributed by atoms with Crippen LogP contribution in [-0.2, 0) is 9.59 Å². The zero-order valence-corrected chi connectivity index (χ0v) is 10.0. The van der Waals surface area contributed by atoms with Crippen LogP contribution in [0, 0.1) is 5.92 Å². The van der Waals surface area contributed by atoms with Crippen LogP contribution >= 0.6 is 0 Å². The molecule has 0 saturated carbocycles. The number of carbonyl (C=O) groups excluding carboxylic acids is 2. The third-order valence-corrected chi connectivity index (χ3v) is 2.76. The largest absolute Gasteiger partial charge is 0.355 e. The fourth-order valence-corrected chi connectivity index (χ4v) is 1.84. The molecule has 5 nitrogen and oxygen atoms in total. The van der Waals surface area contributed by atoms with Crippen LogP contribution in [0.15, 0.2) is 0 Å². The molecule has 1 rings (SSSR count). The summed E-state index contributed by atoms with van der Waals surface area (Å²) in [6, 6.07) is -0.443. The molecule has 0 aromatic heterocycles. The highest BCUT2D eigenvalue weighted by Crippen LogP contribution is 2.11. The Bertz CT molecular complexity index is 250. The summed E-state index contributed by atoms with van der Waals surface area (Å²) in [6.45, 7) is 6.05. The van der Waals surface area contributed by atoms with E-state index in [-0.39, 0.29) is 11.8 Å². The molecule has 0 radical (unpaired) electrons. The monoisotopic (exact) mass is 227 g/mol. The molecule has 0 aromatic rings. The van der Waals surface area contributed by atoms with E-state index in [1.807, 2.05) is 6.92 Å². The normalized spacial score (nSPS) is 21.5. The predicted molar refractivity (Wildman–Crippen MR) is 61.9 cm³/mol. The van der Waals surface area contributed by atoms with Crippen molar-refractivity contribution in [3.05, 3.63) is 0 Å². The van der Waals surface area contributed by atoms with E-state index >= 15 is 0 Å². The van der Waals surface area contributed by atoms with E-state index < -0.39 is 6.04 Å². The van der Waals surface area contributed by atoms with E-state index in [1.54, 1.807) is 6.92 Å². The molecule has 0 aliphatic carbocycles. The number of nitrogens with one attached hydrogen (secondary N) is 3. The van der Waals surface area contributed by atoms with E-state index in [2.05, 4.69) is 16.0 Å². The average Bonchev–Trinajstić information content (AvgIpc) is 2.70. The number of hydrogen-bond acceptors (Lipinski definition) is 3. The van der Waals surface area contributed by atoms with E-state index in [9.17, 15) is 9.59 Å². The van der Waals surface area contributed by atoms with Gasteiger partial charge in [-0.1, -0.05) is 0 Å². The molecule has 3 N–H and O–H groups in total. The quantitative estimate of drug-likeness (QED) is 0.600. The first-order valence-corrected chi connectivity index (χ1v) is 5.91. The summed E-state index contributed by atoms with van der Waals surface area (Å²) in [6.07, 6.45) is 1.56. The van der Waals surface area contributed by atoms with Gasteiger partial charge in [-0.05, 0) is 39.3 Å². The molecule has 2 atom stereocenters. The third kappa shape index (κ3) is 4.18. The average molecular weight is 227 g/mol. The molecule has 0 bridgehead atoms. The van der Waals surface area contributed by atoms with Gasteiger partial charge in [-0.2, -0.15) is 0 Å². The van der Waals surface area contributed by atoms with Crippen molar-refractivity contribution in [2.24, 2.45) is 5.92 Å². The summed E-state index contributed by atoms with van der Waals surface area (Å²) in [4.78, 5) is 23.0. The number of amides is 2. The molecule has 1 fully saturated rings. The molecule has 92 valence electrons. The van der Waals surface area contributed by atoms with Crippen molar-refractivity contribution < 1.29 is 9.59 Å². The molecule has 5 heteroatoms. The molecule has 0 aromatic carbocycles. The lowest BCUT2D eigenvalue weighted by Crippen LogP contribution is -2.45. The molecular formula is C11H21N3O2. The van der Waals surface area contributed by atoms with Gasteiger partial charge in [0, 0.05) is 13.0 Å². The number of carbonyl (C=O) groups is 2. The van der Waals surface area contributed by atoms with Crippen LogP contribution in [0.1, 0.15) is 26.7 Å². The van der Waals surface area contributed by atoms with Gasteiger partial charge in [0.15, 0.2) is 0 Å². The molecular weight excluding hydrogens is 206 g/mol. The smallest absolute Gasteiger partial charge is 0.242 e. The molecule has 16 heavy (non-hydrogen) atoms. The highest BCUT2D eigenvalue weighted by Gasteiger charge is 2.20. The van der Waals surface area contributed by atoms with E-state index in [0.717, 1.165) is 19.5 Å². The van der Waals surface area contributed by atoms with Crippen molar-refractivity contribution in [2.75, 3.05) is 19.6 Å². The van der Waals surface area contributed by atoms with Gasteiger partial charge in [-0.15, -0.1) is 0 Å². The Labute approximate surface area is 96.4 Å². The summed E-state index contributed by atoms with van der Waals surface area (Å²) in [5.41, 5.74) is 0. The Morgan fingerprint density at radius 2 is 2.25 bits per heavy atom. The second-order valence-electron chi connectivity index (χ2n) is 4.25. The van der Waals surface area contributed by atoms with Gasteiger partial charge in [-0.3, -0.25) is 9.59 Å². The van der Waals surface area contributed by atoms with Crippen molar-refractivity contribution in [2.45, 2.75) is 32.7 Å². The van der Waals surface area contributed by atoms with Crippen LogP contribution in [0.3, 0.4) is 0 Å². The van der Waals surface area contributed by atoms with Gasteiger partial charge < -0.3 is 16.0 Å². The lowest BCUT2D eigenvalue weighted by atomic mass is 10.0. The standard InChI is InChI=1S/C11H21N3O2/c1-3-13-11(16)8(2)14-10(15)6-9-4-5-12-7-9/h8-9,12H,3-7H2,1-2H3,(H,13,16)(H,14,15). The van der Waals surface area contributed by atoms with Gasteiger partial charge in [-0.25, -0.2) is 0 Å². The summed E-state index contributed by atoms with van der Waals surface area (Å²) in [7, 11) is 0. The van der Waals surface area contributed by atoms with Crippen LogP contribution in [0.4, 0.5) is 0 Å². The summed E-state index contributed by atoms with van der Waals surface area (Å²) < 4.78 is 0. The number of rotatable bonds is 5. The fourth-order valence-electron chi connectivity index (χ4n) is 1.84. The molecule has 1 aliphatic heterocycles. The maximum atomic E-state index is 11.6. The minimum Gasteiger partial charge on any atom is -0.355 e. The summed E-state index contributed by atoms with van der Waals surface area (Å²) in [5, 5.41) is 8.61. The Hall–Kier alpha value is -1.10. The van der Waals surface area contributed by atoms with Gasteiger partial charge in [0.2, 0.25) is 11.8 Å². The lowest BCUT2D eigenvalue weighted by Gasteiger charge is -2.14. The maximum Gasteiger partial charge on any atom is 0.242 e. The van der Waals surface area contributed by atoms with Crippen LogP contribution in [0.25, 0.3) is 0 Å². The second-order valence-corrected chi connectivity index (χ2v) is 4.25. The Morgan fingerprint density at radius 1 is 1.50 bits per heavy atom. The van der Waals surface area contributed by atoms with Gasteiger partial charge in [0.25, 0.3) is 0 Å². The van der Waals surface area contributed by atoms with Crippen LogP contribution in [0.2, 0.25) is 0 Å². The van der Waals surface area contributed by atoms with Gasteiger partial charge in [0.1, 0.15) is 6.04 Å². The predicted octanol–water partition coefficient (Wildman–Crippen LogP) is -0.373. The van der Waals surface area contributed by atoms with Crippen LogP contribution < -0.4 is 16.0 Å². The lowest BCUT2D eigenvalue weighted by molar-refractivity contribution is -0.128. The molecule has 1 aliphatic rings. The zero-order chi connectivity index (χ0) is 12.0. The highest BCUT2D eigenvalue weighted by atomic mass is 16.2. The van der Waals surface area contributed by atoms with Crippen molar-refractivity contribution in [1.29, 1.82) is 0 Å². The fraction of sp³-hybridized carbons (Fsp3) is 0.818. The van der Waals surface area contributed by atoms with Crippen LogP contribution in [-0.4, -0.2) is 37.5 Å². The molecule has 2 amide bonds. The maximum absolute atomic E-state index is 11.6. The Balaban J connectivity index is 2.24. The first-order chi connectivity index (χ1) is 7.63. The van der Waals surface area contributed by atoms with Crippen molar-refractivity contribution >= 4 is 11.8 Å². The molecule has 2 unspecified atom stereocenters. The van der Waals surface area contributed by atoms with E-state index in [1.165, 1.54) is 0 Å². The topological polar surface area (TPSA) is 70.2 Å². The molecule has 0 spiro atoms. The van der Waals surface area contributed by atoms with Gasteiger partial charge in [0.05, 0.1) is 0 Å². The van der Waals surface area contributed by atoms with Crippen LogP contribution in [0.5, 0.6) is 0 Å². The molecule has 1 heterocycles. The SMILES string of the molecule is CCNC(=O)C(C)NC(=O)CC1CCNC1. The number of likely N-dealkylation sites (N-methyl/N-ethyl adjacent to an activating group) is 1. The van der Waals surface area contributed by atoms with Crippen molar-refractivity contribution in [3.63, 3.8) is 0 Å². The minimum absolute atomic E-state index is 0.0348. The second kappa shape index (κ2) is 6.48. The van der Waals surface area contributed by atoms with E-state index in [4.69, 9.17) is 0 Å². The first-order valence-electron chi connectivity index (χ1n) is 5.91. The summed E-state index contributed by atoms with van der Waals surface area (Å²) >= 11 is 0. The van der Waals surface area contributed by atoms with Gasteiger partial charge >= 0.3 is 0 Å². The minimum atomic E-state index is -0.443. The number of hydrogen-bond donors (Lipinski definition) is 3. The van der Waals surface area contributed by atoms with E-state index in [0.29, 0.717) is 18.9 Å². The van der Waals surface area contributed by atoms with Crippen molar-refractivity contribution in [3.8, 4) is 0 Å². The Morgan fingerprint density at radius 3 is 2.81 bits per heavy atom. The van der Waals surface area contributed by atoms with Crippen molar-refractivity contribution in [1.82, 2.24) is 16.0 Å². The Kier molecular flexibility index (Phi) is 5.25. The summed E-state index contributed by atoms with van der Waals surface area (Å²) in [5.74, 6) is 0.259. The third-order valence-electron chi connectivity index (χ3n) is 2.76. The molecule has 1 saturated heterocycles. The zero-order valence-electron chi connectivity index (χ0n) is 10.0. The first kappa shape index (κ1) is 13.0. The highest BCUT2D eigenvalue weighted by molar-refractivity contribution is 5.87.